The Bertz CT molecular complexity index is 1590. The molecule has 41 heavy (non-hydrogen) atoms. The summed E-state index contributed by atoms with van der Waals surface area (Å²) in [4.78, 5) is 58.0. The second-order valence-corrected chi connectivity index (χ2v) is 9.69. The Labute approximate surface area is 235 Å². The minimum absolute atomic E-state index is 0.00649. The number of aliphatic carboxylic acids is 1. The molecule has 10 nitrogen and oxygen atoms in total. The van der Waals surface area contributed by atoms with Crippen LogP contribution in [0.15, 0.2) is 102 Å². The molecule has 10 heteroatoms. The van der Waals surface area contributed by atoms with Gasteiger partial charge in [0, 0.05) is 11.6 Å². The molecule has 2 heterocycles. The topological polar surface area (TPSA) is 131 Å². The number of anilines is 2. The molecule has 3 aromatic carbocycles. The number of ether oxygens (including phenoxy) is 1. The van der Waals surface area contributed by atoms with Crippen molar-refractivity contribution in [3.05, 3.63) is 124 Å². The average molecular weight is 553 g/mol. The fourth-order valence-electron chi connectivity index (χ4n) is 4.91. The van der Waals surface area contributed by atoms with Crippen molar-refractivity contribution in [1.29, 1.82) is 0 Å². The molecule has 5 rings (SSSR count). The maximum absolute atomic E-state index is 14.0. The summed E-state index contributed by atoms with van der Waals surface area (Å²) in [5, 5.41) is 12.3. The zero-order valence-corrected chi connectivity index (χ0v) is 22.1. The number of carbonyl (C=O) groups is 3. The average Bonchev–Trinajstić information content (AvgIpc) is 3.35. The number of para-hydroxylation sites is 1. The number of fused-ring (bicyclic) bond motifs is 1. The van der Waals surface area contributed by atoms with Crippen molar-refractivity contribution in [2.24, 2.45) is 0 Å². The summed E-state index contributed by atoms with van der Waals surface area (Å²) in [6.07, 6.45) is 0.275. The van der Waals surface area contributed by atoms with Crippen LogP contribution in [0.25, 0.3) is 0 Å². The summed E-state index contributed by atoms with van der Waals surface area (Å²) in [7, 11) is 0. The number of hydrogen-bond donors (Lipinski definition) is 2. The molecule has 1 aliphatic rings. The van der Waals surface area contributed by atoms with Crippen LogP contribution in [0.5, 0.6) is 0 Å². The van der Waals surface area contributed by atoms with Gasteiger partial charge in [-0.2, -0.15) is 0 Å². The molecule has 1 aliphatic heterocycles. The van der Waals surface area contributed by atoms with E-state index in [1.165, 1.54) is 15.7 Å². The van der Waals surface area contributed by atoms with Crippen molar-refractivity contribution in [2.45, 2.75) is 38.0 Å². The molecule has 0 unspecified atom stereocenters. The Morgan fingerprint density at radius 2 is 1.54 bits per heavy atom. The number of carboxylic acid groups (broad SMARTS) is 1. The molecule has 208 valence electrons. The van der Waals surface area contributed by atoms with Gasteiger partial charge in [0.1, 0.15) is 24.2 Å². The zero-order chi connectivity index (χ0) is 28.8. The monoisotopic (exact) mass is 552 g/mol. The van der Waals surface area contributed by atoms with E-state index < -0.39 is 35.5 Å². The van der Waals surface area contributed by atoms with E-state index in [1.807, 2.05) is 66.7 Å². The molecule has 4 aromatic rings. The second kappa shape index (κ2) is 12.3. The third-order valence-electron chi connectivity index (χ3n) is 6.85. The molecule has 2 amide bonds. The number of nitrogens with zero attached hydrogens (tertiary/aromatic N) is 3. The van der Waals surface area contributed by atoms with Gasteiger partial charge in [-0.3, -0.25) is 23.9 Å². The molecule has 2 N–H and O–H groups in total. The largest absolute Gasteiger partial charge is 0.481 e. The van der Waals surface area contributed by atoms with Gasteiger partial charge in [0.05, 0.1) is 19.2 Å². The predicted molar refractivity (Wildman–Crippen MR) is 151 cm³/mol. The highest BCUT2D eigenvalue weighted by Gasteiger charge is 2.40. The highest BCUT2D eigenvalue weighted by Crippen LogP contribution is 2.37. The van der Waals surface area contributed by atoms with Gasteiger partial charge >= 0.3 is 12.1 Å². The molecular weight excluding hydrogens is 524 g/mol. The first-order valence-electron chi connectivity index (χ1n) is 13.1. The van der Waals surface area contributed by atoms with E-state index in [0.717, 1.165) is 11.1 Å². The smallest absolute Gasteiger partial charge is 0.415 e. The van der Waals surface area contributed by atoms with E-state index in [0.29, 0.717) is 5.69 Å². The van der Waals surface area contributed by atoms with Crippen LogP contribution in [0.3, 0.4) is 0 Å². The van der Waals surface area contributed by atoms with Crippen molar-refractivity contribution in [3.63, 3.8) is 0 Å². The van der Waals surface area contributed by atoms with E-state index in [-0.39, 0.29) is 37.5 Å². The summed E-state index contributed by atoms with van der Waals surface area (Å²) in [6, 6.07) is 26.0. The second-order valence-electron chi connectivity index (χ2n) is 9.69. The van der Waals surface area contributed by atoms with Crippen LogP contribution < -0.4 is 15.8 Å². The van der Waals surface area contributed by atoms with E-state index in [1.54, 1.807) is 24.3 Å². The van der Waals surface area contributed by atoms with Crippen molar-refractivity contribution in [3.8, 4) is 0 Å². The molecule has 0 fully saturated rings. The number of carboxylic acids is 1. The van der Waals surface area contributed by atoms with Crippen LogP contribution in [-0.2, 0) is 27.5 Å². The third kappa shape index (κ3) is 6.33. The number of benzene rings is 3. The van der Waals surface area contributed by atoms with E-state index in [2.05, 4.69) is 10.3 Å². The fourth-order valence-corrected chi connectivity index (χ4v) is 4.91. The lowest BCUT2D eigenvalue weighted by molar-refractivity contribution is -0.137. The number of amides is 2. The molecule has 0 saturated carbocycles. The minimum atomic E-state index is -1.07. The van der Waals surface area contributed by atoms with Crippen molar-refractivity contribution >= 4 is 29.3 Å². The Hall–Kier alpha value is -5.25. The number of carbonyl (C=O) groups excluding carboxylic acids is 2. The number of nitrogens with one attached hydrogen (secondary N) is 1. The standard InChI is InChI=1S/C31H28N4O6/c36-27(37)17-23-16-25(29(38)33-24-14-8-3-9-15-24)35-28(23)32-18-26(30(35)39)34(19-21-10-4-1-5-11-21)31(40)41-20-22-12-6-2-7-13-22/h1-15,18,23,25H,16-17,19-20H2,(H,33,38)(H,36,37)/t23-,25+/m1/s1. The summed E-state index contributed by atoms with van der Waals surface area (Å²) in [6.45, 7) is 0.0115. The number of aromatic nitrogens is 2. The number of hydrogen-bond acceptors (Lipinski definition) is 6. The Balaban J connectivity index is 1.51. The lowest BCUT2D eigenvalue weighted by atomic mass is 10.00. The van der Waals surface area contributed by atoms with Gasteiger partial charge in [-0.25, -0.2) is 9.78 Å². The molecule has 0 radical (unpaired) electrons. The highest BCUT2D eigenvalue weighted by molar-refractivity contribution is 5.94. The minimum Gasteiger partial charge on any atom is -0.481 e. The molecule has 0 spiro atoms. The molecule has 2 atom stereocenters. The van der Waals surface area contributed by atoms with Gasteiger partial charge in [0.2, 0.25) is 5.91 Å². The molecule has 0 aliphatic carbocycles. The SMILES string of the molecule is O=C(O)C[C@H]1C[C@@H](C(=O)Nc2ccccc2)n2c1ncc(N(Cc1ccccc1)C(=O)OCc1ccccc1)c2=O. The first-order chi connectivity index (χ1) is 19.9. The highest BCUT2D eigenvalue weighted by atomic mass is 16.6. The first kappa shape index (κ1) is 27.3. The van der Waals surface area contributed by atoms with Crippen LogP contribution >= 0.6 is 0 Å². The lowest BCUT2D eigenvalue weighted by Crippen LogP contribution is -2.39. The quantitative estimate of drug-likeness (QED) is 0.307. The van der Waals surface area contributed by atoms with Gasteiger partial charge in [-0.15, -0.1) is 0 Å². The maximum atomic E-state index is 14.0. The fraction of sp³-hybridized carbons (Fsp3) is 0.194. The van der Waals surface area contributed by atoms with Crippen LogP contribution in [0.4, 0.5) is 16.2 Å². The van der Waals surface area contributed by atoms with E-state index in [9.17, 15) is 24.3 Å². The van der Waals surface area contributed by atoms with Crippen molar-refractivity contribution in [2.75, 3.05) is 10.2 Å². The van der Waals surface area contributed by atoms with E-state index in [4.69, 9.17) is 4.74 Å². The Kier molecular flexibility index (Phi) is 8.19. The van der Waals surface area contributed by atoms with Crippen LogP contribution in [0, 0.1) is 0 Å². The number of rotatable bonds is 9. The molecular formula is C31H28N4O6. The Morgan fingerprint density at radius 1 is 0.927 bits per heavy atom. The third-order valence-corrected chi connectivity index (χ3v) is 6.85. The maximum Gasteiger partial charge on any atom is 0.415 e. The Morgan fingerprint density at radius 3 is 2.17 bits per heavy atom. The van der Waals surface area contributed by atoms with Crippen molar-refractivity contribution in [1.82, 2.24) is 9.55 Å². The summed E-state index contributed by atoms with van der Waals surface area (Å²) < 4.78 is 6.78. The van der Waals surface area contributed by atoms with Crippen LogP contribution in [0.1, 0.15) is 41.8 Å². The van der Waals surface area contributed by atoms with E-state index >= 15 is 0 Å². The summed E-state index contributed by atoms with van der Waals surface area (Å²) >= 11 is 0. The summed E-state index contributed by atoms with van der Waals surface area (Å²) in [5.74, 6) is -2.02. The van der Waals surface area contributed by atoms with Crippen molar-refractivity contribution < 1.29 is 24.2 Å². The predicted octanol–water partition coefficient (Wildman–Crippen LogP) is 4.73. The van der Waals surface area contributed by atoms with Crippen LogP contribution in [0.2, 0.25) is 0 Å². The van der Waals surface area contributed by atoms with Gasteiger partial charge in [-0.1, -0.05) is 78.9 Å². The zero-order valence-electron chi connectivity index (χ0n) is 22.1. The summed E-state index contributed by atoms with van der Waals surface area (Å²) in [5.41, 5.74) is 1.34. The van der Waals surface area contributed by atoms with Gasteiger partial charge in [0.25, 0.3) is 5.56 Å². The molecule has 1 aromatic heterocycles. The molecule has 0 saturated heterocycles. The van der Waals surface area contributed by atoms with Gasteiger partial charge in [0.15, 0.2) is 0 Å². The van der Waals surface area contributed by atoms with Crippen LogP contribution in [-0.4, -0.2) is 32.6 Å². The lowest BCUT2D eigenvalue weighted by Gasteiger charge is -2.23. The van der Waals surface area contributed by atoms with Gasteiger partial charge < -0.3 is 15.2 Å². The van der Waals surface area contributed by atoms with Gasteiger partial charge in [-0.05, 0) is 29.7 Å². The normalized spacial score (nSPS) is 15.5. The first-order valence-corrected chi connectivity index (χ1v) is 13.1. The molecule has 0 bridgehead atoms.